The number of hydrogen-bond acceptors (Lipinski definition) is 7. The lowest BCUT2D eigenvalue weighted by molar-refractivity contribution is 0.0697. The Bertz CT molecular complexity index is 1280. The van der Waals surface area contributed by atoms with Crippen LogP contribution in [0.4, 0.5) is 0 Å². The second kappa shape index (κ2) is 9.77. The maximum absolute atomic E-state index is 13.2. The second-order valence-electron chi connectivity index (χ2n) is 8.44. The van der Waals surface area contributed by atoms with Gasteiger partial charge in [0.2, 0.25) is 0 Å². The molecule has 1 aliphatic heterocycles. The van der Waals surface area contributed by atoms with Gasteiger partial charge in [0.25, 0.3) is 5.91 Å². The number of oxazole rings is 1. The lowest BCUT2D eigenvalue weighted by Gasteiger charge is -2.31. The lowest BCUT2D eigenvalue weighted by Crippen LogP contribution is -2.39. The number of carbonyl (C=O) groups is 1. The molecule has 1 amide bonds. The predicted octanol–water partition coefficient (Wildman–Crippen LogP) is 5.12. The summed E-state index contributed by atoms with van der Waals surface area (Å²) in [4.78, 5) is 29.4. The Hall–Kier alpha value is -3.52. The number of nitrogens with zero attached hydrogens (tertiary/aromatic N) is 4. The van der Waals surface area contributed by atoms with Crippen LogP contribution >= 0.6 is 11.3 Å². The summed E-state index contributed by atoms with van der Waals surface area (Å²) < 4.78 is 11.6. The Morgan fingerprint density at radius 2 is 2.06 bits per heavy atom. The summed E-state index contributed by atoms with van der Waals surface area (Å²) >= 11 is 1.55. The molecule has 34 heavy (non-hydrogen) atoms. The van der Waals surface area contributed by atoms with Crippen molar-refractivity contribution in [3.05, 3.63) is 82.8 Å². The van der Waals surface area contributed by atoms with E-state index in [4.69, 9.17) is 9.15 Å². The van der Waals surface area contributed by atoms with E-state index in [1.807, 2.05) is 53.7 Å². The summed E-state index contributed by atoms with van der Waals surface area (Å²) in [5, 5.41) is 0. The SMILES string of the molecule is COc1ccccc1Cc1cnc([C@@H]2CCCN(C(=O)c3ccc(-c4scnc4C)nc3)C2)o1. The molecule has 5 rings (SSSR count). The van der Waals surface area contributed by atoms with Gasteiger partial charge in [0, 0.05) is 31.3 Å². The number of amides is 1. The summed E-state index contributed by atoms with van der Waals surface area (Å²) in [6.07, 6.45) is 5.92. The Kier molecular flexibility index (Phi) is 6.40. The standard InChI is InChI=1S/C26H26N4O3S/c1-17-24(34-16-29-17)22-10-9-19(13-27-22)26(31)30-11-5-7-20(15-30)25-28-14-21(33-25)12-18-6-3-4-8-23(18)32-2/h3-4,6,8-10,13-14,16,20H,5,7,11-12,15H2,1-2H3/t20-/m1/s1. The molecule has 8 heteroatoms. The van der Waals surface area contributed by atoms with Gasteiger partial charge in [-0.05, 0) is 38.0 Å². The van der Waals surface area contributed by atoms with Crippen molar-refractivity contribution in [2.75, 3.05) is 20.2 Å². The van der Waals surface area contributed by atoms with E-state index < -0.39 is 0 Å². The van der Waals surface area contributed by atoms with Crippen LogP contribution in [0.3, 0.4) is 0 Å². The fourth-order valence-electron chi connectivity index (χ4n) is 4.38. The van der Waals surface area contributed by atoms with Gasteiger partial charge >= 0.3 is 0 Å². The van der Waals surface area contributed by atoms with Crippen LogP contribution in [0.5, 0.6) is 5.75 Å². The number of rotatable bonds is 6. The van der Waals surface area contributed by atoms with E-state index in [1.54, 1.807) is 30.8 Å². The van der Waals surface area contributed by atoms with Crippen LogP contribution in [0.2, 0.25) is 0 Å². The zero-order valence-electron chi connectivity index (χ0n) is 19.2. The molecule has 1 saturated heterocycles. The summed E-state index contributed by atoms with van der Waals surface area (Å²) in [5.41, 5.74) is 5.25. The number of aryl methyl sites for hydroxylation is 1. The van der Waals surface area contributed by atoms with Crippen molar-refractivity contribution >= 4 is 17.2 Å². The van der Waals surface area contributed by atoms with E-state index in [0.717, 1.165) is 52.7 Å². The zero-order valence-corrected chi connectivity index (χ0v) is 20.0. The maximum Gasteiger partial charge on any atom is 0.255 e. The van der Waals surface area contributed by atoms with E-state index in [1.165, 1.54) is 0 Å². The van der Waals surface area contributed by atoms with Gasteiger partial charge in [-0.25, -0.2) is 9.97 Å². The van der Waals surface area contributed by atoms with E-state index in [-0.39, 0.29) is 11.8 Å². The minimum Gasteiger partial charge on any atom is -0.496 e. The molecule has 7 nitrogen and oxygen atoms in total. The third kappa shape index (κ3) is 4.59. The Morgan fingerprint density at radius 3 is 2.82 bits per heavy atom. The lowest BCUT2D eigenvalue weighted by atomic mass is 9.97. The molecule has 174 valence electrons. The van der Waals surface area contributed by atoms with Crippen molar-refractivity contribution in [1.82, 2.24) is 19.9 Å². The molecule has 0 saturated carbocycles. The number of aromatic nitrogens is 3. The molecule has 3 aromatic heterocycles. The highest BCUT2D eigenvalue weighted by molar-refractivity contribution is 7.13. The molecule has 0 unspecified atom stereocenters. The van der Waals surface area contributed by atoms with Crippen LogP contribution in [-0.4, -0.2) is 46.0 Å². The first kappa shape index (κ1) is 22.3. The number of thiazole rings is 1. The molecule has 4 aromatic rings. The third-order valence-corrected chi connectivity index (χ3v) is 7.13. The molecule has 1 atom stereocenters. The minimum absolute atomic E-state index is 0.00872. The van der Waals surface area contributed by atoms with E-state index >= 15 is 0 Å². The summed E-state index contributed by atoms with van der Waals surface area (Å²) in [7, 11) is 1.67. The predicted molar refractivity (Wildman–Crippen MR) is 130 cm³/mol. The summed E-state index contributed by atoms with van der Waals surface area (Å²) in [5.74, 6) is 2.39. The Labute approximate surface area is 202 Å². The molecule has 1 aliphatic rings. The van der Waals surface area contributed by atoms with Crippen molar-refractivity contribution in [3.8, 4) is 16.3 Å². The monoisotopic (exact) mass is 474 g/mol. The number of methoxy groups -OCH3 is 1. The highest BCUT2D eigenvalue weighted by Crippen LogP contribution is 2.30. The fourth-order valence-corrected chi connectivity index (χ4v) is 5.16. The van der Waals surface area contributed by atoms with E-state index in [2.05, 4.69) is 15.0 Å². The van der Waals surface area contributed by atoms with Crippen molar-refractivity contribution in [2.24, 2.45) is 0 Å². The average Bonchev–Trinajstić information content (AvgIpc) is 3.53. The van der Waals surface area contributed by atoms with Crippen LogP contribution in [0.15, 0.2) is 58.7 Å². The molecule has 0 radical (unpaired) electrons. The van der Waals surface area contributed by atoms with Gasteiger partial charge in [0.05, 0.1) is 46.6 Å². The van der Waals surface area contributed by atoms with Crippen LogP contribution in [0.25, 0.3) is 10.6 Å². The first-order valence-corrected chi connectivity index (χ1v) is 12.2. The van der Waals surface area contributed by atoms with Gasteiger partial charge in [-0.15, -0.1) is 11.3 Å². The molecule has 1 fully saturated rings. The van der Waals surface area contributed by atoms with E-state index in [0.29, 0.717) is 24.4 Å². The Morgan fingerprint density at radius 1 is 1.18 bits per heavy atom. The first-order valence-electron chi connectivity index (χ1n) is 11.3. The minimum atomic E-state index is -0.00872. The molecular formula is C26H26N4O3S. The quantitative estimate of drug-likeness (QED) is 0.386. The molecule has 0 N–H and O–H groups in total. The second-order valence-corrected chi connectivity index (χ2v) is 9.30. The van der Waals surface area contributed by atoms with Crippen molar-refractivity contribution in [2.45, 2.75) is 32.1 Å². The van der Waals surface area contributed by atoms with Crippen LogP contribution < -0.4 is 4.74 Å². The number of hydrogen-bond donors (Lipinski definition) is 0. The van der Waals surface area contributed by atoms with Crippen LogP contribution in [-0.2, 0) is 6.42 Å². The van der Waals surface area contributed by atoms with Gasteiger partial charge in [-0.1, -0.05) is 18.2 Å². The van der Waals surface area contributed by atoms with Gasteiger partial charge in [-0.3, -0.25) is 9.78 Å². The number of para-hydroxylation sites is 1. The highest BCUT2D eigenvalue weighted by Gasteiger charge is 2.28. The van der Waals surface area contributed by atoms with Crippen LogP contribution in [0.1, 0.15) is 52.0 Å². The smallest absolute Gasteiger partial charge is 0.255 e. The normalized spacial score (nSPS) is 15.9. The molecule has 1 aromatic carbocycles. The number of benzene rings is 1. The number of ether oxygens (including phenoxy) is 1. The topological polar surface area (TPSA) is 81.4 Å². The third-order valence-electron chi connectivity index (χ3n) is 6.18. The maximum atomic E-state index is 13.2. The van der Waals surface area contributed by atoms with E-state index in [9.17, 15) is 4.79 Å². The number of likely N-dealkylation sites (tertiary alicyclic amines) is 1. The van der Waals surface area contributed by atoms with Gasteiger partial charge in [-0.2, -0.15) is 0 Å². The fraction of sp³-hybridized carbons (Fsp3) is 0.308. The molecule has 0 spiro atoms. The van der Waals surface area contributed by atoms with Gasteiger partial charge < -0.3 is 14.1 Å². The van der Waals surface area contributed by atoms with Crippen molar-refractivity contribution in [1.29, 1.82) is 0 Å². The number of pyridine rings is 1. The van der Waals surface area contributed by atoms with Crippen molar-refractivity contribution in [3.63, 3.8) is 0 Å². The molecular weight excluding hydrogens is 448 g/mol. The average molecular weight is 475 g/mol. The summed E-state index contributed by atoms with van der Waals surface area (Å²) in [6.45, 7) is 3.27. The first-order chi connectivity index (χ1) is 16.6. The number of carbonyl (C=O) groups excluding carboxylic acids is 1. The number of piperidine rings is 1. The van der Waals surface area contributed by atoms with Crippen LogP contribution in [0, 0.1) is 6.92 Å². The van der Waals surface area contributed by atoms with Gasteiger partial charge in [0.15, 0.2) is 5.89 Å². The zero-order chi connectivity index (χ0) is 23.5. The van der Waals surface area contributed by atoms with Gasteiger partial charge in [0.1, 0.15) is 11.5 Å². The summed E-state index contributed by atoms with van der Waals surface area (Å²) in [6, 6.07) is 11.6. The molecule has 4 heterocycles. The van der Waals surface area contributed by atoms with Crippen molar-refractivity contribution < 1.29 is 13.9 Å². The largest absolute Gasteiger partial charge is 0.496 e. The molecule has 0 bridgehead atoms. The molecule has 0 aliphatic carbocycles. The Balaban J connectivity index is 1.26. The highest BCUT2D eigenvalue weighted by atomic mass is 32.1.